The standard InChI is InChI=1S/C19H27FN4O3/c1-15(25)24(9-8-22-10-12-27-13-11-22)16-6-7-23(14-16)19(26)21-18-5-3-2-4-17(18)20/h2-5,16H,6-14H2,1H3,(H,21,26). The molecule has 1 aromatic rings. The number of nitrogens with zero attached hydrogens (tertiary/aromatic N) is 3. The van der Waals surface area contributed by atoms with Crippen LogP contribution in [0, 0.1) is 5.82 Å². The lowest BCUT2D eigenvalue weighted by molar-refractivity contribution is -0.131. The van der Waals surface area contributed by atoms with Crippen LogP contribution in [0.15, 0.2) is 24.3 Å². The second-order valence-electron chi connectivity index (χ2n) is 6.96. The summed E-state index contributed by atoms with van der Waals surface area (Å²) in [6, 6.07) is 5.76. The molecule has 7 nitrogen and oxygen atoms in total. The van der Waals surface area contributed by atoms with Crippen LogP contribution in [0.1, 0.15) is 13.3 Å². The van der Waals surface area contributed by atoms with Crippen LogP contribution in [0.5, 0.6) is 0 Å². The molecule has 148 valence electrons. The lowest BCUT2D eigenvalue weighted by Crippen LogP contribution is -2.47. The average molecular weight is 378 g/mol. The van der Waals surface area contributed by atoms with Gasteiger partial charge in [0, 0.05) is 46.2 Å². The number of likely N-dealkylation sites (tertiary alicyclic amines) is 1. The van der Waals surface area contributed by atoms with E-state index >= 15 is 0 Å². The number of carbonyl (C=O) groups is 2. The summed E-state index contributed by atoms with van der Waals surface area (Å²) < 4.78 is 19.1. The molecule has 1 atom stereocenters. The molecule has 2 saturated heterocycles. The summed E-state index contributed by atoms with van der Waals surface area (Å²) in [5, 5.41) is 2.61. The fraction of sp³-hybridized carbons (Fsp3) is 0.579. The predicted octanol–water partition coefficient (Wildman–Crippen LogP) is 1.61. The van der Waals surface area contributed by atoms with Crippen LogP contribution in [0.25, 0.3) is 0 Å². The smallest absolute Gasteiger partial charge is 0.321 e. The lowest BCUT2D eigenvalue weighted by Gasteiger charge is -2.32. The van der Waals surface area contributed by atoms with E-state index in [0.717, 1.165) is 39.3 Å². The Morgan fingerprint density at radius 1 is 1.26 bits per heavy atom. The summed E-state index contributed by atoms with van der Waals surface area (Å²) >= 11 is 0. The number of ether oxygens (including phenoxy) is 1. The van der Waals surface area contributed by atoms with Crippen molar-refractivity contribution in [3.8, 4) is 0 Å². The zero-order valence-corrected chi connectivity index (χ0v) is 15.7. The van der Waals surface area contributed by atoms with Crippen molar-refractivity contribution in [2.45, 2.75) is 19.4 Å². The summed E-state index contributed by atoms with van der Waals surface area (Å²) in [5.74, 6) is -0.443. The first-order chi connectivity index (χ1) is 13.0. The first-order valence-electron chi connectivity index (χ1n) is 9.42. The van der Waals surface area contributed by atoms with Gasteiger partial charge in [-0.1, -0.05) is 12.1 Å². The Labute approximate surface area is 159 Å². The number of urea groups is 1. The van der Waals surface area contributed by atoms with Gasteiger partial charge in [-0.3, -0.25) is 9.69 Å². The molecule has 3 amide bonds. The number of carbonyl (C=O) groups excluding carboxylic acids is 2. The molecule has 0 saturated carbocycles. The number of amides is 3. The van der Waals surface area contributed by atoms with Gasteiger partial charge < -0.3 is 19.9 Å². The van der Waals surface area contributed by atoms with Crippen LogP contribution in [-0.4, -0.2) is 85.2 Å². The Hall–Kier alpha value is -2.19. The second-order valence-corrected chi connectivity index (χ2v) is 6.96. The van der Waals surface area contributed by atoms with E-state index in [9.17, 15) is 14.0 Å². The molecule has 2 aliphatic heterocycles. The summed E-state index contributed by atoms with van der Waals surface area (Å²) in [7, 11) is 0. The Morgan fingerprint density at radius 2 is 2.00 bits per heavy atom. The van der Waals surface area contributed by atoms with Gasteiger partial charge in [0.25, 0.3) is 0 Å². The van der Waals surface area contributed by atoms with Crippen LogP contribution in [0.3, 0.4) is 0 Å². The highest BCUT2D eigenvalue weighted by Gasteiger charge is 2.32. The number of anilines is 1. The number of morpholine rings is 1. The summed E-state index contributed by atoms with van der Waals surface area (Å²) in [5.41, 5.74) is 0.168. The van der Waals surface area contributed by atoms with Crippen LogP contribution in [0.4, 0.5) is 14.9 Å². The zero-order valence-electron chi connectivity index (χ0n) is 15.7. The van der Waals surface area contributed by atoms with Gasteiger partial charge >= 0.3 is 6.03 Å². The predicted molar refractivity (Wildman–Crippen MR) is 100 cm³/mol. The largest absolute Gasteiger partial charge is 0.379 e. The third kappa shape index (κ3) is 5.17. The molecule has 1 aromatic carbocycles. The van der Waals surface area contributed by atoms with Crippen LogP contribution in [0.2, 0.25) is 0 Å². The van der Waals surface area contributed by atoms with Crippen LogP contribution in [-0.2, 0) is 9.53 Å². The average Bonchev–Trinajstić information content (AvgIpc) is 3.14. The first kappa shape index (κ1) is 19.6. The highest BCUT2D eigenvalue weighted by molar-refractivity contribution is 5.89. The van der Waals surface area contributed by atoms with E-state index in [-0.39, 0.29) is 23.7 Å². The van der Waals surface area contributed by atoms with Crippen LogP contribution < -0.4 is 5.32 Å². The molecule has 1 N–H and O–H groups in total. The van der Waals surface area contributed by atoms with Crippen molar-refractivity contribution in [3.63, 3.8) is 0 Å². The Balaban J connectivity index is 1.53. The fourth-order valence-electron chi connectivity index (χ4n) is 3.61. The molecular formula is C19H27FN4O3. The number of benzene rings is 1. The van der Waals surface area contributed by atoms with E-state index in [0.29, 0.717) is 19.6 Å². The number of nitrogens with one attached hydrogen (secondary N) is 1. The van der Waals surface area contributed by atoms with Crippen molar-refractivity contribution in [1.29, 1.82) is 0 Å². The van der Waals surface area contributed by atoms with Gasteiger partial charge in [-0.05, 0) is 18.6 Å². The maximum Gasteiger partial charge on any atom is 0.321 e. The minimum Gasteiger partial charge on any atom is -0.379 e. The molecule has 0 aliphatic carbocycles. The van der Waals surface area contributed by atoms with Gasteiger partial charge in [0.2, 0.25) is 5.91 Å². The molecule has 2 fully saturated rings. The van der Waals surface area contributed by atoms with E-state index in [4.69, 9.17) is 4.74 Å². The second kappa shape index (κ2) is 9.14. The normalized spacial score (nSPS) is 20.5. The highest BCUT2D eigenvalue weighted by atomic mass is 19.1. The Bertz CT molecular complexity index is 666. The maximum atomic E-state index is 13.7. The molecule has 0 radical (unpaired) electrons. The van der Waals surface area contributed by atoms with E-state index < -0.39 is 5.82 Å². The molecule has 0 bridgehead atoms. The zero-order chi connectivity index (χ0) is 19.2. The molecule has 3 rings (SSSR count). The molecule has 2 heterocycles. The topological polar surface area (TPSA) is 65.1 Å². The van der Waals surface area contributed by atoms with Gasteiger partial charge in [0.15, 0.2) is 0 Å². The first-order valence-corrected chi connectivity index (χ1v) is 9.42. The van der Waals surface area contributed by atoms with Gasteiger partial charge in [-0.2, -0.15) is 0 Å². The lowest BCUT2D eigenvalue weighted by atomic mass is 10.2. The minimum absolute atomic E-state index is 0.00471. The molecule has 1 unspecified atom stereocenters. The molecule has 0 aromatic heterocycles. The van der Waals surface area contributed by atoms with Crippen LogP contribution >= 0.6 is 0 Å². The Kier molecular flexibility index (Phi) is 6.63. The van der Waals surface area contributed by atoms with Gasteiger partial charge in [0.05, 0.1) is 24.9 Å². The maximum absolute atomic E-state index is 13.7. The van der Waals surface area contributed by atoms with E-state index in [2.05, 4.69) is 10.2 Å². The van der Waals surface area contributed by atoms with Gasteiger partial charge in [0.1, 0.15) is 5.82 Å². The molecule has 2 aliphatic rings. The molecule has 27 heavy (non-hydrogen) atoms. The molecular weight excluding hydrogens is 351 g/mol. The van der Waals surface area contributed by atoms with Gasteiger partial charge in [-0.25, -0.2) is 9.18 Å². The quantitative estimate of drug-likeness (QED) is 0.846. The molecule has 0 spiro atoms. The van der Waals surface area contributed by atoms with Gasteiger partial charge in [-0.15, -0.1) is 0 Å². The third-order valence-electron chi connectivity index (χ3n) is 5.17. The number of hydrogen-bond acceptors (Lipinski definition) is 4. The highest BCUT2D eigenvalue weighted by Crippen LogP contribution is 2.19. The number of halogens is 1. The molecule has 8 heteroatoms. The number of rotatable bonds is 5. The monoisotopic (exact) mass is 378 g/mol. The summed E-state index contributed by atoms with van der Waals surface area (Å²) in [4.78, 5) is 30.3. The summed E-state index contributed by atoms with van der Waals surface area (Å²) in [6.45, 7) is 7.25. The minimum atomic E-state index is -0.461. The van der Waals surface area contributed by atoms with Crippen molar-refractivity contribution < 1.29 is 18.7 Å². The Morgan fingerprint density at radius 3 is 2.70 bits per heavy atom. The fourth-order valence-corrected chi connectivity index (χ4v) is 3.61. The number of hydrogen-bond donors (Lipinski definition) is 1. The van der Waals surface area contributed by atoms with E-state index in [1.807, 2.05) is 4.90 Å². The van der Waals surface area contributed by atoms with Crippen molar-refractivity contribution in [3.05, 3.63) is 30.1 Å². The van der Waals surface area contributed by atoms with Crippen molar-refractivity contribution in [2.75, 3.05) is 57.8 Å². The van der Waals surface area contributed by atoms with Crippen molar-refractivity contribution in [2.24, 2.45) is 0 Å². The van der Waals surface area contributed by atoms with Crippen molar-refractivity contribution in [1.82, 2.24) is 14.7 Å². The van der Waals surface area contributed by atoms with E-state index in [1.54, 1.807) is 24.0 Å². The summed E-state index contributed by atoms with van der Waals surface area (Å²) in [6.07, 6.45) is 0.730. The van der Waals surface area contributed by atoms with Crippen molar-refractivity contribution >= 4 is 17.6 Å². The van der Waals surface area contributed by atoms with E-state index in [1.165, 1.54) is 12.1 Å². The SMILES string of the molecule is CC(=O)N(CCN1CCOCC1)C1CCN(C(=O)Nc2ccccc2F)C1. The number of para-hydroxylation sites is 1. The third-order valence-corrected chi connectivity index (χ3v) is 5.17.